The van der Waals surface area contributed by atoms with Crippen molar-refractivity contribution in [2.75, 3.05) is 6.54 Å². The number of rotatable bonds is 7. The van der Waals surface area contributed by atoms with Gasteiger partial charge in [0.1, 0.15) is 0 Å². The Morgan fingerprint density at radius 3 is 2.71 bits per heavy atom. The van der Waals surface area contributed by atoms with Crippen LogP contribution >= 0.6 is 0 Å². The SMILES string of the molecule is C=CCCCC1CC(C)CCC1CNC1CC1. The second-order valence-corrected chi connectivity index (χ2v) is 6.34. The molecule has 0 bridgehead atoms. The number of allylic oxidation sites excluding steroid dienone is 1. The van der Waals surface area contributed by atoms with Crippen LogP contribution in [0.15, 0.2) is 12.7 Å². The first kappa shape index (κ1) is 13.1. The summed E-state index contributed by atoms with van der Waals surface area (Å²) in [4.78, 5) is 0. The van der Waals surface area contributed by atoms with Crippen molar-refractivity contribution in [2.45, 2.75) is 64.3 Å². The smallest absolute Gasteiger partial charge is 0.00683 e. The van der Waals surface area contributed by atoms with Crippen LogP contribution in [0.5, 0.6) is 0 Å². The number of nitrogens with one attached hydrogen (secondary N) is 1. The second kappa shape index (κ2) is 6.58. The highest BCUT2D eigenvalue weighted by Crippen LogP contribution is 2.36. The van der Waals surface area contributed by atoms with Crippen LogP contribution in [0.1, 0.15) is 58.3 Å². The molecule has 2 rings (SSSR count). The first-order valence-corrected chi connectivity index (χ1v) is 7.64. The summed E-state index contributed by atoms with van der Waals surface area (Å²) >= 11 is 0. The minimum atomic E-state index is 0.878. The molecule has 0 radical (unpaired) electrons. The van der Waals surface area contributed by atoms with Crippen LogP contribution in [0.2, 0.25) is 0 Å². The van der Waals surface area contributed by atoms with Crippen molar-refractivity contribution in [1.29, 1.82) is 0 Å². The van der Waals surface area contributed by atoms with E-state index in [-0.39, 0.29) is 0 Å². The van der Waals surface area contributed by atoms with E-state index in [4.69, 9.17) is 0 Å². The van der Waals surface area contributed by atoms with Gasteiger partial charge in [0.15, 0.2) is 0 Å². The van der Waals surface area contributed by atoms with Gasteiger partial charge in [0.2, 0.25) is 0 Å². The molecule has 0 amide bonds. The van der Waals surface area contributed by atoms with Gasteiger partial charge >= 0.3 is 0 Å². The quantitative estimate of drug-likeness (QED) is 0.516. The molecular weight excluding hydrogens is 206 g/mol. The third kappa shape index (κ3) is 4.46. The summed E-state index contributed by atoms with van der Waals surface area (Å²) in [6.45, 7) is 7.56. The van der Waals surface area contributed by atoms with Gasteiger partial charge in [-0.25, -0.2) is 0 Å². The van der Waals surface area contributed by atoms with Crippen molar-refractivity contribution in [3.8, 4) is 0 Å². The van der Waals surface area contributed by atoms with Crippen LogP contribution in [0.3, 0.4) is 0 Å². The zero-order valence-corrected chi connectivity index (χ0v) is 11.5. The largest absolute Gasteiger partial charge is 0.314 e. The first-order valence-electron chi connectivity index (χ1n) is 7.64. The van der Waals surface area contributed by atoms with Gasteiger partial charge in [-0.05, 0) is 69.2 Å². The molecule has 0 aromatic carbocycles. The molecule has 0 aliphatic heterocycles. The summed E-state index contributed by atoms with van der Waals surface area (Å²) in [6, 6.07) is 0.878. The monoisotopic (exact) mass is 235 g/mol. The molecule has 0 aromatic rings. The topological polar surface area (TPSA) is 12.0 Å². The molecule has 98 valence electrons. The summed E-state index contributed by atoms with van der Waals surface area (Å²) in [7, 11) is 0. The van der Waals surface area contributed by atoms with E-state index in [1.165, 1.54) is 57.9 Å². The standard InChI is InChI=1S/C16H29N/c1-3-4-5-6-14-11-13(2)7-8-15(14)12-17-16-9-10-16/h3,13-17H,1,4-12H2,2H3. The van der Waals surface area contributed by atoms with Gasteiger partial charge < -0.3 is 5.32 Å². The highest BCUT2D eigenvalue weighted by Gasteiger charge is 2.29. The molecule has 17 heavy (non-hydrogen) atoms. The predicted octanol–water partition coefficient (Wildman–Crippen LogP) is 4.15. The number of hydrogen-bond acceptors (Lipinski definition) is 1. The van der Waals surface area contributed by atoms with E-state index in [0.29, 0.717) is 0 Å². The normalized spacial score (nSPS) is 33.6. The van der Waals surface area contributed by atoms with Gasteiger partial charge in [-0.1, -0.05) is 19.4 Å². The van der Waals surface area contributed by atoms with Crippen LogP contribution in [-0.4, -0.2) is 12.6 Å². The molecule has 0 saturated heterocycles. The predicted molar refractivity (Wildman–Crippen MR) is 75.1 cm³/mol. The molecule has 0 heterocycles. The Balaban J connectivity index is 1.74. The van der Waals surface area contributed by atoms with Crippen LogP contribution in [0.4, 0.5) is 0 Å². The lowest BCUT2D eigenvalue weighted by atomic mass is 9.72. The molecule has 1 nitrogen and oxygen atoms in total. The molecular formula is C16H29N. The third-order valence-corrected chi connectivity index (χ3v) is 4.63. The van der Waals surface area contributed by atoms with E-state index in [1.54, 1.807) is 0 Å². The Bertz CT molecular complexity index is 232. The Labute approximate surface area is 107 Å². The highest BCUT2D eigenvalue weighted by molar-refractivity contribution is 4.86. The zero-order chi connectivity index (χ0) is 12.1. The van der Waals surface area contributed by atoms with Gasteiger partial charge in [-0.3, -0.25) is 0 Å². The van der Waals surface area contributed by atoms with Crippen LogP contribution in [-0.2, 0) is 0 Å². The minimum Gasteiger partial charge on any atom is -0.314 e. The maximum absolute atomic E-state index is 3.83. The average molecular weight is 235 g/mol. The average Bonchev–Trinajstić information content (AvgIpc) is 3.12. The van der Waals surface area contributed by atoms with E-state index in [2.05, 4.69) is 24.9 Å². The lowest BCUT2D eigenvalue weighted by molar-refractivity contribution is 0.172. The summed E-state index contributed by atoms with van der Waals surface area (Å²) < 4.78 is 0. The van der Waals surface area contributed by atoms with Gasteiger partial charge in [0.25, 0.3) is 0 Å². The molecule has 2 saturated carbocycles. The van der Waals surface area contributed by atoms with Gasteiger partial charge in [-0.2, -0.15) is 0 Å². The molecule has 1 N–H and O–H groups in total. The van der Waals surface area contributed by atoms with E-state index < -0.39 is 0 Å². The summed E-state index contributed by atoms with van der Waals surface area (Å²) in [5, 5.41) is 3.74. The molecule has 0 spiro atoms. The number of unbranched alkanes of at least 4 members (excludes halogenated alkanes) is 1. The maximum atomic E-state index is 3.83. The summed E-state index contributed by atoms with van der Waals surface area (Å²) in [6.07, 6.45) is 13.3. The van der Waals surface area contributed by atoms with E-state index in [9.17, 15) is 0 Å². The molecule has 0 aromatic heterocycles. The highest BCUT2D eigenvalue weighted by atomic mass is 14.9. The van der Waals surface area contributed by atoms with Gasteiger partial charge in [0.05, 0.1) is 0 Å². The number of hydrogen-bond donors (Lipinski definition) is 1. The van der Waals surface area contributed by atoms with E-state index in [1.807, 2.05) is 0 Å². The fourth-order valence-electron chi connectivity index (χ4n) is 3.31. The molecule has 3 unspecified atom stereocenters. The van der Waals surface area contributed by atoms with Crippen molar-refractivity contribution in [2.24, 2.45) is 17.8 Å². The summed E-state index contributed by atoms with van der Waals surface area (Å²) in [5.74, 6) is 2.89. The third-order valence-electron chi connectivity index (χ3n) is 4.63. The van der Waals surface area contributed by atoms with Crippen LogP contribution in [0, 0.1) is 17.8 Å². The summed E-state index contributed by atoms with van der Waals surface area (Å²) in [5.41, 5.74) is 0. The second-order valence-electron chi connectivity index (χ2n) is 6.34. The van der Waals surface area contributed by atoms with Crippen LogP contribution < -0.4 is 5.32 Å². The van der Waals surface area contributed by atoms with Crippen LogP contribution in [0.25, 0.3) is 0 Å². The Hall–Kier alpha value is -0.300. The fraction of sp³-hybridized carbons (Fsp3) is 0.875. The minimum absolute atomic E-state index is 0.878. The van der Waals surface area contributed by atoms with Gasteiger partial charge in [0, 0.05) is 6.04 Å². The van der Waals surface area contributed by atoms with E-state index >= 15 is 0 Å². The maximum Gasteiger partial charge on any atom is 0.00683 e. The van der Waals surface area contributed by atoms with Crippen molar-refractivity contribution < 1.29 is 0 Å². The molecule has 3 atom stereocenters. The molecule has 1 heteroatoms. The van der Waals surface area contributed by atoms with E-state index in [0.717, 1.165) is 23.8 Å². The Morgan fingerprint density at radius 2 is 2.00 bits per heavy atom. The lowest BCUT2D eigenvalue weighted by Crippen LogP contribution is -2.33. The van der Waals surface area contributed by atoms with Crippen molar-refractivity contribution in [3.05, 3.63) is 12.7 Å². The van der Waals surface area contributed by atoms with Crippen molar-refractivity contribution >= 4 is 0 Å². The van der Waals surface area contributed by atoms with Crippen molar-refractivity contribution in [1.82, 2.24) is 5.32 Å². The lowest BCUT2D eigenvalue weighted by Gasteiger charge is -2.35. The zero-order valence-electron chi connectivity index (χ0n) is 11.5. The Kier molecular flexibility index (Phi) is 5.09. The molecule has 2 aliphatic rings. The molecule has 2 aliphatic carbocycles. The van der Waals surface area contributed by atoms with Gasteiger partial charge in [-0.15, -0.1) is 6.58 Å². The molecule has 2 fully saturated rings. The first-order chi connectivity index (χ1) is 8.29. The fourth-order valence-corrected chi connectivity index (χ4v) is 3.31. The van der Waals surface area contributed by atoms with Crippen molar-refractivity contribution in [3.63, 3.8) is 0 Å². The Morgan fingerprint density at radius 1 is 1.18 bits per heavy atom.